The maximum Gasteiger partial charge on any atom is 0.184 e. The Labute approximate surface area is 130 Å². The molecule has 6 nitrogen and oxygen atoms in total. The summed E-state index contributed by atoms with van der Waals surface area (Å²) in [5.74, 6) is 0.143. The number of nitrogens with one attached hydrogen (secondary N) is 1. The van der Waals surface area contributed by atoms with Crippen molar-refractivity contribution in [2.75, 3.05) is 43.5 Å². The molecule has 0 saturated carbocycles. The average molecular weight is 332 g/mol. The third-order valence-corrected chi connectivity index (χ3v) is 6.98. The normalized spacial score (nSPS) is 19.6. The SMILES string of the molecule is CCS(=O)(=O)c1c(N)nsc1NCC1(C)CCN(C)CC1. The first-order valence-electron chi connectivity index (χ1n) is 7.18. The molecule has 1 fully saturated rings. The quantitative estimate of drug-likeness (QED) is 0.852. The highest BCUT2D eigenvalue weighted by molar-refractivity contribution is 7.91. The van der Waals surface area contributed by atoms with Gasteiger partial charge in [-0.05, 0) is 49.9 Å². The van der Waals surface area contributed by atoms with Crippen LogP contribution < -0.4 is 11.1 Å². The Morgan fingerprint density at radius 2 is 2.05 bits per heavy atom. The molecule has 0 bridgehead atoms. The third kappa shape index (κ3) is 3.67. The van der Waals surface area contributed by atoms with Gasteiger partial charge in [-0.2, -0.15) is 4.37 Å². The van der Waals surface area contributed by atoms with E-state index in [4.69, 9.17) is 5.73 Å². The van der Waals surface area contributed by atoms with Crippen LogP contribution in [-0.2, 0) is 9.84 Å². The van der Waals surface area contributed by atoms with E-state index in [9.17, 15) is 8.42 Å². The van der Waals surface area contributed by atoms with Crippen LogP contribution in [0.25, 0.3) is 0 Å². The minimum atomic E-state index is -3.35. The summed E-state index contributed by atoms with van der Waals surface area (Å²) in [6.07, 6.45) is 2.20. The summed E-state index contributed by atoms with van der Waals surface area (Å²) in [4.78, 5) is 2.49. The molecule has 0 aromatic carbocycles. The number of likely N-dealkylation sites (tertiary alicyclic amines) is 1. The second-order valence-electron chi connectivity index (χ2n) is 6.10. The third-order valence-electron chi connectivity index (χ3n) is 4.24. The smallest absolute Gasteiger partial charge is 0.184 e. The molecular formula is C13H24N4O2S2. The summed E-state index contributed by atoms with van der Waals surface area (Å²) >= 11 is 1.13. The molecule has 2 rings (SSSR count). The number of nitrogen functional groups attached to an aromatic ring is 1. The summed E-state index contributed by atoms with van der Waals surface area (Å²) in [5.41, 5.74) is 5.92. The van der Waals surface area contributed by atoms with Crippen molar-refractivity contribution in [3.05, 3.63) is 0 Å². The van der Waals surface area contributed by atoms with Gasteiger partial charge in [-0.15, -0.1) is 0 Å². The van der Waals surface area contributed by atoms with Gasteiger partial charge >= 0.3 is 0 Å². The molecule has 8 heteroatoms. The van der Waals surface area contributed by atoms with Crippen molar-refractivity contribution in [2.24, 2.45) is 5.41 Å². The topological polar surface area (TPSA) is 88.3 Å². The van der Waals surface area contributed by atoms with Gasteiger partial charge in [-0.25, -0.2) is 8.42 Å². The summed E-state index contributed by atoms with van der Waals surface area (Å²) in [6, 6.07) is 0. The molecule has 0 atom stereocenters. The molecule has 0 spiro atoms. The van der Waals surface area contributed by atoms with Crippen LogP contribution in [0.4, 0.5) is 10.8 Å². The zero-order chi connectivity index (χ0) is 15.7. The molecule has 1 saturated heterocycles. The van der Waals surface area contributed by atoms with E-state index in [1.165, 1.54) is 0 Å². The van der Waals surface area contributed by atoms with Gasteiger partial charge in [0.25, 0.3) is 0 Å². The summed E-state index contributed by atoms with van der Waals surface area (Å²) in [6.45, 7) is 6.75. The monoisotopic (exact) mass is 332 g/mol. The van der Waals surface area contributed by atoms with Gasteiger partial charge in [-0.3, -0.25) is 0 Å². The average Bonchev–Trinajstić information content (AvgIpc) is 2.82. The fraction of sp³-hybridized carbons (Fsp3) is 0.769. The molecule has 1 aromatic rings. The Morgan fingerprint density at radius 3 is 2.62 bits per heavy atom. The summed E-state index contributed by atoms with van der Waals surface area (Å²) in [5, 5.41) is 3.86. The van der Waals surface area contributed by atoms with Gasteiger partial charge < -0.3 is 16.0 Å². The fourth-order valence-corrected chi connectivity index (χ4v) is 4.64. The largest absolute Gasteiger partial charge is 0.382 e. The molecular weight excluding hydrogens is 308 g/mol. The number of piperidine rings is 1. The maximum absolute atomic E-state index is 12.1. The van der Waals surface area contributed by atoms with E-state index >= 15 is 0 Å². The van der Waals surface area contributed by atoms with Crippen molar-refractivity contribution in [1.29, 1.82) is 0 Å². The predicted molar refractivity (Wildman–Crippen MR) is 87.6 cm³/mol. The van der Waals surface area contributed by atoms with E-state index in [1.54, 1.807) is 6.92 Å². The van der Waals surface area contributed by atoms with Crippen molar-refractivity contribution in [2.45, 2.75) is 31.6 Å². The second kappa shape index (κ2) is 6.10. The van der Waals surface area contributed by atoms with E-state index in [0.29, 0.717) is 5.00 Å². The number of rotatable bonds is 5. The van der Waals surface area contributed by atoms with Crippen molar-refractivity contribution in [1.82, 2.24) is 9.27 Å². The van der Waals surface area contributed by atoms with E-state index in [0.717, 1.165) is 44.0 Å². The molecule has 120 valence electrons. The predicted octanol–water partition coefficient (Wildman–Crippen LogP) is 1.66. The van der Waals surface area contributed by atoms with Gasteiger partial charge in [0.1, 0.15) is 9.90 Å². The molecule has 21 heavy (non-hydrogen) atoms. The van der Waals surface area contributed by atoms with Crippen LogP contribution in [-0.4, -0.2) is 50.1 Å². The highest BCUT2D eigenvalue weighted by Gasteiger charge is 2.30. The number of anilines is 2. The van der Waals surface area contributed by atoms with Crippen LogP contribution in [0.5, 0.6) is 0 Å². The van der Waals surface area contributed by atoms with Gasteiger partial charge in [0.05, 0.1) is 5.75 Å². The molecule has 1 aliphatic heterocycles. The van der Waals surface area contributed by atoms with Gasteiger partial charge in [0.2, 0.25) is 0 Å². The zero-order valence-corrected chi connectivity index (χ0v) is 14.5. The molecule has 0 unspecified atom stereocenters. The van der Waals surface area contributed by atoms with Crippen LogP contribution in [0.1, 0.15) is 26.7 Å². The molecule has 1 aliphatic rings. The van der Waals surface area contributed by atoms with Crippen LogP contribution in [0.2, 0.25) is 0 Å². The molecule has 1 aromatic heterocycles. The number of nitrogens with zero attached hydrogens (tertiary/aromatic N) is 2. The van der Waals surface area contributed by atoms with Crippen LogP contribution >= 0.6 is 11.5 Å². The lowest BCUT2D eigenvalue weighted by Gasteiger charge is -2.38. The van der Waals surface area contributed by atoms with Crippen LogP contribution in [0.15, 0.2) is 4.90 Å². The Kier molecular flexibility index (Phi) is 4.79. The number of hydrogen-bond donors (Lipinski definition) is 2. The van der Waals surface area contributed by atoms with E-state index in [2.05, 4.69) is 28.6 Å². The zero-order valence-electron chi connectivity index (χ0n) is 12.8. The second-order valence-corrected chi connectivity index (χ2v) is 9.09. The van der Waals surface area contributed by atoms with Crippen LogP contribution in [0, 0.1) is 5.41 Å². The first-order chi connectivity index (χ1) is 9.77. The Bertz CT molecular complexity index is 589. The molecule has 3 N–H and O–H groups in total. The highest BCUT2D eigenvalue weighted by Crippen LogP contribution is 2.35. The van der Waals surface area contributed by atoms with Crippen molar-refractivity contribution in [3.8, 4) is 0 Å². The number of aromatic nitrogens is 1. The molecule has 0 amide bonds. The molecule has 0 radical (unpaired) electrons. The minimum absolute atomic E-state index is 0.0341. The molecule has 0 aliphatic carbocycles. The number of sulfone groups is 1. The Morgan fingerprint density at radius 1 is 1.43 bits per heavy atom. The lowest BCUT2D eigenvalue weighted by atomic mass is 9.80. The first kappa shape index (κ1) is 16.5. The Balaban J connectivity index is 2.11. The Hall–Kier alpha value is -0.860. The highest BCUT2D eigenvalue weighted by atomic mass is 32.2. The van der Waals surface area contributed by atoms with Gasteiger partial charge in [0.15, 0.2) is 15.7 Å². The van der Waals surface area contributed by atoms with E-state index in [1.807, 2.05) is 0 Å². The van der Waals surface area contributed by atoms with Gasteiger partial charge in [0, 0.05) is 6.54 Å². The van der Waals surface area contributed by atoms with Crippen molar-refractivity contribution in [3.63, 3.8) is 0 Å². The summed E-state index contributed by atoms with van der Waals surface area (Å²) in [7, 11) is -1.22. The summed E-state index contributed by atoms with van der Waals surface area (Å²) < 4.78 is 28.2. The fourth-order valence-electron chi connectivity index (χ4n) is 2.48. The van der Waals surface area contributed by atoms with Gasteiger partial charge in [-0.1, -0.05) is 13.8 Å². The van der Waals surface area contributed by atoms with Crippen molar-refractivity contribution >= 4 is 32.2 Å². The first-order valence-corrected chi connectivity index (χ1v) is 9.60. The van der Waals surface area contributed by atoms with E-state index in [-0.39, 0.29) is 21.9 Å². The lowest BCUT2D eigenvalue weighted by molar-refractivity contribution is 0.150. The number of nitrogens with two attached hydrogens (primary N) is 1. The maximum atomic E-state index is 12.1. The molecule has 2 heterocycles. The standard InChI is InChI=1S/C13H24N4O2S2/c1-4-21(18,19)10-11(14)16-20-12(10)15-9-13(2)5-7-17(3)8-6-13/h15H,4-9H2,1-3H3,(H2,14,16). The minimum Gasteiger partial charge on any atom is -0.382 e. The van der Waals surface area contributed by atoms with Crippen molar-refractivity contribution < 1.29 is 8.42 Å². The lowest BCUT2D eigenvalue weighted by Crippen LogP contribution is -2.40. The number of hydrogen-bond acceptors (Lipinski definition) is 7. The van der Waals surface area contributed by atoms with Crippen LogP contribution in [0.3, 0.4) is 0 Å². The van der Waals surface area contributed by atoms with E-state index < -0.39 is 9.84 Å².